The molecule has 0 unspecified atom stereocenters. The number of aromatic nitrogens is 2. The average Bonchev–Trinajstić information content (AvgIpc) is 3.13. The van der Waals surface area contributed by atoms with Crippen LogP contribution in [0.4, 0.5) is 4.39 Å². The Morgan fingerprint density at radius 1 is 1.12 bits per heavy atom. The van der Waals surface area contributed by atoms with Gasteiger partial charge in [0.1, 0.15) is 0 Å². The second kappa shape index (κ2) is 12.5. The largest absolute Gasteiger partial charge is 0.435 e. The summed E-state index contributed by atoms with van der Waals surface area (Å²) in [5.74, 6) is 0.103. The number of rotatable bonds is 13. The average molecular weight is 458 g/mol. The Bertz CT molecular complexity index is 997. The minimum absolute atomic E-state index is 0.121. The molecule has 33 heavy (non-hydrogen) atoms. The number of methoxy groups -OCH3 is 1. The maximum Gasteiger partial charge on any atom is 0.227 e. The second-order valence-corrected chi connectivity index (χ2v) is 7.69. The van der Waals surface area contributed by atoms with Crippen molar-refractivity contribution in [3.63, 3.8) is 0 Å². The van der Waals surface area contributed by atoms with Gasteiger partial charge in [-0.3, -0.25) is 4.90 Å². The molecule has 7 nitrogen and oxygen atoms in total. The number of benzene rings is 2. The van der Waals surface area contributed by atoms with Gasteiger partial charge in [0.25, 0.3) is 0 Å². The number of nitrogens with zero attached hydrogens (tertiary/aromatic N) is 3. The molecule has 1 atom stereocenters. The summed E-state index contributed by atoms with van der Waals surface area (Å²) in [5, 5.41) is 15.1. The first-order valence-electron chi connectivity index (χ1n) is 11.1. The summed E-state index contributed by atoms with van der Waals surface area (Å²) in [7, 11) is 1.64. The molecule has 1 heterocycles. The first-order chi connectivity index (χ1) is 16.0. The topological polar surface area (TPSA) is 69.0 Å². The first kappa shape index (κ1) is 24.9. The number of hydrogen-bond donors (Lipinski definition) is 1. The summed E-state index contributed by atoms with van der Waals surface area (Å²) in [6.07, 6.45) is -0.651. The summed E-state index contributed by atoms with van der Waals surface area (Å²) in [6.45, 7) is 6.50. The lowest BCUT2D eigenvalue weighted by atomic mass is 10.2. The summed E-state index contributed by atoms with van der Waals surface area (Å²) in [5.41, 5.74) is 2.37. The number of ether oxygens (including phenoxy) is 3. The van der Waals surface area contributed by atoms with Crippen LogP contribution in [0.25, 0.3) is 5.69 Å². The molecule has 2 aromatic carbocycles. The van der Waals surface area contributed by atoms with E-state index in [9.17, 15) is 9.50 Å². The van der Waals surface area contributed by atoms with Crippen LogP contribution in [0.1, 0.15) is 18.2 Å². The molecular formula is C25H32FN3O4. The number of hydrogen-bond acceptors (Lipinski definition) is 6. The minimum Gasteiger partial charge on any atom is -0.435 e. The molecule has 8 heteroatoms. The van der Waals surface area contributed by atoms with Crippen LogP contribution < -0.4 is 4.74 Å². The molecule has 0 radical (unpaired) electrons. The van der Waals surface area contributed by atoms with E-state index in [1.807, 2.05) is 44.2 Å². The van der Waals surface area contributed by atoms with Gasteiger partial charge in [-0.25, -0.2) is 9.07 Å². The van der Waals surface area contributed by atoms with Gasteiger partial charge in [-0.15, -0.1) is 0 Å². The fourth-order valence-electron chi connectivity index (χ4n) is 3.48. The molecule has 0 spiro atoms. The smallest absolute Gasteiger partial charge is 0.227 e. The third kappa shape index (κ3) is 6.85. The third-order valence-electron chi connectivity index (χ3n) is 5.16. The number of aliphatic hydroxyl groups excluding tert-OH is 1. The van der Waals surface area contributed by atoms with Crippen LogP contribution in [0.5, 0.6) is 11.6 Å². The summed E-state index contributed by atoms with van der Waals surface area (Å²) in [6, 6.07) is 15.9. The zero-order valence-corrected chi connectivity index (χ0v) is 19.4. The van der Waals surface area contributed by atoms with E-state index >= 15 is 0 Å². The highest BCUT2D eigenvalue weighted by molar-refractivity contribution is 5.43. The second-order valence-electron chi connectivity index (χ2n) is 7.69. The molecule has 3 aromatic rings. The molecule has 1 aromatic heterocycles. The van der Waals surface area contributed by atoms with Crippen molar-refractivity contribution in [1.82, 2.24) is 14.7 Å². The molecule has 3 rings (SSSR count). The standard InChI is InChI=1S/C25H32FN3O4/c1-4-32-18-21(30)16-28(14-15-31-3)17-22-19(2)27-29(20-10-6-5-7-11-20)25(22)33-24-13-9-8-12-23(24)26/h5-13,21,30H,4,14-18H2,1-3H3/t21-/m1/s1. The van der Waals surface area contributed by atoms with Crippen LogP contribution >= 0.6 is 0 Å². The van der Waals surface area contributed by atoms with Crippen molar-refractivity contribution in [2.45, 2.75) is 26.5 Å². The van der Waals surface area contributed by atoms with Crippen LogP contribution in [-0.2, 0) is 16.0 Å². The van der Waals surface area contributed by atoms with Crippen LogP contribution in [0.2, 0.25) is 0 Å². The van der Waals surface area contributed by atoms with Crippen molar-refractivity contribution in [2.75, 3.05) is 40.0 Å². The highest BCUT2D eigenvalue weighted by Gasteiger charge is 2.23. The molecule has 0 aliphatic rings. The molecule has 0 saturated carbocycles. The van der Waals surface area contributed by atoms with Crippen molar-refractivity contribution in [3.8, 4) is 17.3 Å². The Kier molecular flexibility index (Phi) is 9.38. The van der Waals surface area contributed by atoms with E-state index in [1.54, 1.807) is 30.0 Å². The fourth-order valence-corrected chi connectivity index (χ4v) is 3.48. The lowest BCUT2D eigenvalue weighted by Gasteiger charge is -2.25. The lowest BCUT2D eigenvalue weighted by Crippen LogP contribution is -2.36. The predicted octanol–water partition coefficient (Wildman–Crippen LogP) is 3.96. The molecule has 0 bridgehead atoms. The van der Waals surface area contributed by atoms with Crippen LogP contribution in [0.15, 0.2) is 54.6 Å². The van der Waals surface area contributed by atoms with E-state index in [1.165, 1.54) is 6.07 Å². The summed E-state index contributed by atoms with van der Waals surface area (Å²) >= 11 is 0. The minimum atomic E-state index is -0.651. The number of aryl methyl sites for hydroxylation is 1. The Morgan fingerprint density at radius 3 is 2.55 bits per heavy atom. The lowest BCUT2D eigenvalue weighted by molar-refractivity contribution is 0.0147. The highest BCUT2D eigenvalue weighted by Crippen LogP contribution is 2.32. The maximum absolute atomic E-state index is 14.4. The SMILES string of the molecule is CCOC[C@H](O)CN(CCOC)Cc1c(C)nn(-c2ccccc2)c1Oc1ccccc1F. The van der Waals surface area contributed by atoms with E-state index in [4.69, 9.17) is 19.3 Å². The third-order valence-corrected chi connectivity index (χ3v) is 5.16. The Morgan fingerprint density at radius 2 is 1.85 bits per heavy atom. The zero-order valence-electron chi connectivity index (χ0n) is 19.4. The Hall–Kier alpha value is -2.78. The summed E-state index contributed by atoms with van der Waals surface area (Å²) < 4.78 is 32.8. The van der Waals surface area contributed by atoms with Gasteiger partial charge < -0.3 is 19.3 Å². The van der Waals surface area contributed by atoms with Crippen LogP contribution in [0, 0.1) is 12.7 Å². The molecule has 0 aliphatic carbocycles. The van der Waals surface area contributed by atoms with E-state index in [0.29, 0.717) is 38.7 Å². The van der Waals surface area contributed by atoms with Gasteiger partial charge in [0.2, 0.25) is 5.88 Å². The number of para-hydroxylation sites is 2. The van der Waals surface area contributed by atoms with Crippen molar-refractivity contribution in [3.05, 3.63) is 71.7 Å². The van der Waals surface area contributed by atoms with E-state index in [-0.39, 0.29) is 12.4 Å². The first-order valence-corrected chi connectivity index (χ1v) is 11.1. The van der Waals surface area contributed by atoms with Gasteiger partial charge in [0.05, 0.1) is 36.3 Å². The zero-order chi connectivity index (χ0) is 23.6. The summed E-state index contributed by atoms with van der Waals surface area (Å²) in [4.78, 5) is 2.06. The molecule has 0 aliphatic heterocycles. The predicted molar refractivity (Wildman–Crippen MR) is 124 cm³/mol. The van der Waals surface area contributed by atoms with Crippen molar-refractivity contribution in [2.24, 2.45) is 0 Å². The molecule has 0 saturated heterocycles. The van der Waals surface area contributed by atoms with Gasteiger partial charge in [0.15, 0.2) is 11.6 Å². The van der Waals surface area contributed by atoms with Gasteiger partial charge in [-0.2, -0.15) is 5.10 Å². The Labute approximate surface area is 194 Å². The van der Waals surface area contributed by atoms with Gasteiger partial charge in [-0.1, -0.05) is 30.3 Å². The molecule has 1 N–H and O–H groups in total. The van der Waals surface area contributed by atoms with Crippen LogP contribution in [0.3, 0.4) is 0 Å². The molecule has 0 amide bonds. The fraction of sp³-hybridized carbons (Fsp3) is 0.400. The number of aliphatic hydroxyl groups is 1. The van der Waals surface area contributed by atoms with Gasteiger partial charge in [0, 0.05) is 33.4 Å². The number of halogens is 1. The van der Waals surface area contributed by atoms with Crippen LogP contribution in [-0.4, -0.2) is 65.9 Å². The van der Waals surface area contributed by atoms with Gasteiger partial charge >= 0.3 is 0 Å². The van der Waals surface area contributed by atoms with E-state index < -0.39 is 11.9 Å². The van der Waals surface area contributed by atoms with Gasteiger partial charge in [-0.05, 0) is 38.1 Å². The quantitative estimate of drug-likeness (QED) is 0.419. The van der Waals surface area contributed by atoms with Crippen molar-refractivity contribution < 1.29 is 23.7 Å². The monoisotopic (exact) mass is 457 g/mol. The molecule has 0 fully saturated rings. The molecule has 178 valence electrons. The Balaban J connectivity index is 1.96. The molecular weight excluding hydrogens is 425 g/mol. The van der Waals surface area contributed by atoms with Crippen molar-refractivity contribution >= 4 is 0 Å². The van der Waals surface area contributed by atoms with E-state index in [2.05, 4.69) is 4.90 Å². The van der Waals surface area contributed by atoms with E-state index in [0.717, 1.165) is 16.9 Å². The maximum atomic E-state index is 14.4. The highest BCUT2D eigenvalue weighted by atomic mass is 19.1. The van der Waals surface area contributed by atoms with Crippen molar-refractivity contribution in [1.29, 1.82) is 0 Å². The normalized spacial score (nSPS) is 12.3.